The number of rotatable bonds is 14. The van der Waals surface area contributed by atoms with E-state index in [-0.39, 0.29) is 6.10 Å². The lowest BCUT2D eigenvalue weighted by Crippen LogP contribution is -2.37. The fourth-order valence-electron chi connectivity index (χ4n) is 3.42. The van der Waals surface area contributed by atoms with Crippen LogP contribution in [0.2, 0.25) is 0 Å². The second-order valence-electron chi connectivity index (χ2n) is 8.28. The highest BCUT2D eigenvalue weighted by Gasteiger charge is 2.21. The van der Waals surface area contributed by atoms with Crippen molar-refractivity contribution in [1.29, 1.82) is 0 Å². The number of hydrogen-bond donors (Lipinski definition) is 3. The summed E-state index contributed by atoms with van der Waals surface area (Å²) in [6.07, 6.45) is 7.32. The van der Waals surface area contributed by atoms with Crippen molar-refractivity contribution in [3.8, 4) is 5.75 Å². The van der Waals surface area contributed by atoms with Gasteiger partial charge in [0.05, 0.1) is 13.2 Å². The molecule has 1 amide bonds. The van der Waals surface area contributed by atoms with Gasteiger partial charge >= 0.3 is 18.0 Å². The Hall–Kier alpha value is -2.85. The Morgan fingerprint density at radius 1 is 1.00 bits per heavy atom. The van der Waals surface area contributed by atoms with Gasteiger partial charge in [0.25, 0.3) is 0 Å². The van der Waals surface area contributed by atoms with E-state index in [1.165, 1.54) is 32.1 Å². The second kappa shape index (κ2) is 18.5. The highest BCUT2D eigenvalue weighted by atomic mass is 16.6. The molecule has 1 fully saturated rings. The number of benzene rings is 1. The van der Waals surface area contributed by atoms with E-state index >= 15 is 0 Å². The first-order valence-corrected chi connectivity index (χ1v) is 12.3. The van der Waals surface area contributed by atoms with Crippen LogP contribution >= 0.6 is 0 Å². The lowest BCUT2D eigenvalue weighted by molar-refractivity contribution is -0.159. The summed E-state index contributed by atoms with van der Waals surface area (Å²) in [6, 6.07) is 7.46. The lowest BCUT2D eigenvalue weighted by atomic mass is 10.2. The Balaban J connectivity index is 0.000000905. The van der Waals surface area contributed by atoms with Crippen LogP contribution in [-0.4, -0.2) is 78.7 Å². The van der Waals surface area contributed by atoms with Gasteiger partial charge in [0.2, 0.25) is 0 Å². The van der Waals surface area contributed by atoms with Crippen LogP contribution < -0.4 is 10.1 Å². The summed E-state index contributed by atoms with van der Waals surface area (Å²) < 4.78 is 17.1. The molecule has 1 aromatic carbocycles. The summed E-state index contributed by atoms with van der Waals surface area (Å²) >= 11 is 0. The first-order valence-electron chi connectivity index (χ1n) is 12.3. The van der Waals surface area contributed by atoms with Crippen LogP contribution in [0.4, 0.5) is 10.5 Å². The summed E-state index contributed by atoms with van der Waals surface area (Å²) in [6.45, 7) is 8.92. The van der Waals surface area contributed by atoms with Crippen molar-refractivity contribution < 1.29 is 38.8 Å². The van der Waals surface area contributed by atoms with Crippen molar-refractivity contribution in [2.24, 2.45) is 0 Å². The predicted octanol–water partition coefficient (Wildman–Crippen LogP) is 4.24. The number of carboxylic acids is 2. The Morgan fingerprint density at radius 2 is 1.71 bits per heavy atom. The van der Waals surface area contributed by atoms with Crippen LogP contribution in [0, 0.1) is 0 Å². The van der Waals surface area contributed by atoms with E-state index in [1.807, 2.05) is 24.3 Å². The maximum Gasteiger partial charge on any atom is 0.414 e. The van der Waals surface area contributed by atoms with E-state index in [1.54, 1.807) is 0 Å². The molecule has 2 rings (SSSR count). The first-order chi connectivity index (χ1) is 16.8. The van der Waals surface area contributed by atoms with E-state index in [2.05, 4.69) is 24.1 Å². The number of unbranched alkanes of at least 4 members (excludes halogenated alkanes) is 3. The van der Waals surface area contributed by atoms with Gasteiger partial charge in [-0.3, -0.25) is 10.2 Å². The zero-order valence-electron chi connectivity index (χ0n) is 20.9. The van der Waals surface area contributed by atoms with Crippen LogP contribution in [0.1, 0.15) is 58.8 Å². The molecule has 0 saturated carbocycles. The Bertz CT molecular complexity index is 741. The van der Waals surface area contributed by atoms with Gasteiger partial charge in [0.15, 0.2) is 0 Å². The van der Waals surface area contributed by atoms with Crippen LogP contribution in [0.15, 0.2) is 24.3 Å². The topological polar surface area (TPSA) is 135 Å². The smallest absolute Gasteiger partial charge is 0.414 e. The summed E-state index contributed by atoms with van der Waals surface area (Å²) in [5, 5.41) is 17.6. The van der Waals surface area contributed by atoms with Crippen LogP contribution in [-0.2, 0) is 19.1 Å². The molecule has 3 N–H and O–H groups in total. The molecule has 0 aromatic heterocycles. The number of aliphatic carboxylic acids is 2. The van der Waals surface area contributed by atoms with Gasteiger partial charge in [0.1, 0.15) is 11.9 Å². The quantitative estimate of drug-likeness (QED) is 0.255. The monoisotopic (exact) mass is 496 g/mol. The molecule has 1 saturated heterocycles. The number of nitrogens with zero attached hydrogens (tertiary/aromatic N) is 1. The molecule has 198 valence electrons. The van der Waals surface area contributed by atoms with E-state index in [9.17, 15) is 4.79 Å². The van der Waals surface area contributed by atoms with Gasteiger partial charge in [-0.1, -0.05) is 39.2 Å². The fraction of sp³-hybridized carbons (Fsp3) is 0.640. The minimum atomic E-state index is -1.82. The highest BCUT2D eigenvalue weighted by Crippen LogP contribution is 2.18. The van der Waals surface area contributed by atoms with Crippen molar-refractivity contribution in [1.82, 2.24) is 4.90 Å². The third-order valence-corrected chi connectivity index (χ3v) is 5.12. The predicted molar refractivity (Wildman–Crippen MR) is 132 cm³/mol. The minimum Gasteiger partial charge on any atom is -0.494 e. The lowest BCUT2D eigenvalue weighted by Gasteiger charge is -2.23. The van der Waals surface area contributed by atoms with Crippen molar-refractivity contribution in [2.45, 2.75) is 64.9 Å². The second-order valence-corrected chi connectivity index (χ2v) is 8.28. The van der Waals surface area contributed by atoms with Gasteiger partial charge in [0, 0.05) is 24.9 Å². The zero-order valence-corrected chi connectivity index (χ0v) is 20.9. The van der Waals surface area contributed by atoms with Crippen molar-refractivity contribution in [3.63, 3.8) is 0 Å². The summed E-state index contributed by atoms with van der Waals surface area (Å²) in [5.41, 5.74) is 0.676. The molecule has 0 bridgehead atoms. The summed E-state index contributed by atoms with van der Waals surface area (Å²) in [4.78, 5) is 33.0. The largest absolute Gasteiger partial charge is 0.494 e. The number of carbonyl (C=O) groups excluding carboxylic acids is 1. The zero-order chi connectivity index (χ0) is 25.9. The highest BCUT2D eigenvalue weighted by molar-refractivity contribution is 6.27. The van der Waals surface area contributed by atoms with Gasteiger partial charge < -0.3 is 24.4 Å². The van der Waals surface area contributed by atoms with Gasteiger partial charge in [-0.05, 0) is 50.9 Å². The SMILES string of the molecule is CCCCCCOc1cccc(NC(=O)OC(COCCC)CN2CCCC2)c1.O=C(O)C(=O)O. The molecule has 1 aliphatic heterocycles. The number of carbonyl (C=O) groups is 3. The van der Waals surface area contributed by atoms with Crippen LogP contribution in [0.5, 0.6) is 5.75 Å². The van der Waals surface area contributed by atoms with E-state index in [4.69, 9.17) is 34.0 Å². The Morgan fingerprint density at radius 3 is 2.34 bits per heavy atom. The molecule has 0 spiro atoms. The molecule has 1 aromatic rings. The van der Waals surface area contributed by atoms with Gasteiger partial charge in [-0.25, -0.2) is 14.4 Å². The molecular formula is C25H40N2O8. The summed E-state index contributed by atoms with van der Waals surface area (Å²) in [5.74, 6) is -2.89. The standard InChI is InChI=1S/C23H38N2O4.C2H2O4/c1-3-5-6-9-16-28-21-12-10-11-20(17-21)24-23(26)29-22(19-27-15-4-2)18-25-13-7-8-14-25;3-1(4)2(5)6/h10-12,17,22H,3-9,13-16,18-19H2,1-2H3,(H,24,26);(H,3,4)(H,5,6). The number of anilines is 1. The maximum atomic E-state index is 12.4. The van der Waals surface area contributed by atoms with Crippen molar-refractivity contribution in [2.75, 3.05) is 44.8 Å². The number of amides is 1. The molecule has 1 atom stereocenters. The van der Waals surface area contributed by atoms with E-state index in [0.29, 0.717) is 25.5 Å². The molecule has 10 nitrogen and oxygen atoms in total. The molecule has 10 heteroatoms. The normalized spacial score (nSPS) is 13.9. The summed E-state index contributed by atoms with van der Waals surface area (Å²) in [7, 11) is 0. The van der Waals surface area contributed by atoms with E-state index < -0.39 is 18.0 Å². The molecule has 1 unspecified atom stereocenters. The van der Waals surface area contributed by atoms with Crippen molar-refractivity contribution >= 4 is 23.7 Å². The number of carboxylic acid groups (broad SMARTS) is 2. The van der Waals surface area contributed by atoms with Gasteiger partial charge in [-0.2, -0.15) is 0 Å². The molecule has 35 heavy (non-hydrogen) atoms. The third-order valence-electron chi connectivity index (χ3n) is 5.12. The maximum absolute atomic E-state index is 12.4. The average Bonchev–Trinajstić information content (AvgIpc) is 3.32. The number of nitrogens with one attached hydrogen (secondary N) is 1. The van der Waals surface area contributed by atoms with E-state index in [0.717, 1.165) is 38.2 Å². The fourth-order valence-corrected chi connectivity index (χ4v) is 3.42. The Kier molecular flexibility index (Phi) is 15.9. The molecule has 1 aliphatic rings. The van der Waals surface area contributed by atoms with Crippen molar-refractivity contribution in [3.05, 3.63) is 24.3 Å². The average molecular weight is 497 g/mol. The number of likely N-dealkylation sites (tertiary alicyclic amines) is 1. The van der Waals surface area contributed by atoms with Gasteiger partial charge in [-0.15, -0.1) is 0 Å². The first kappa shape index (κ1) is 30.2. The third kappa shape index (κ3) is 14.9. The minimum absolute atomic E-state index is 0.266. The van der Waals surface area contributed by atoms with Crippen LogP contribution in [0.25, 0.3) is 0 Å². The number of ether oxygens (including phenoxy) is 3. The molecular weight excluding hydrogens is 456 g/mol. The molecule has 1 heterocycles. The molecule has 0 radical (unpaired) electrons. The molecule has 0 aliphatic carbocycles. The van der Waals surface area contributed by atoms with Crippen LogP contribution in [0.3, 0.4) is 0 Å². The Labute approximate surface area is 207 Å². The number of hydrogen-bond acceptors (Lipinski definition) is 7.